The van der Waals surface area contributed by atoms with Crippen LogP contribution in [0.1, 0.15) is 31.7 Å². The van der Waals surface area contributed by atoms with E-state index in [4.69, 9.17) is 5.11 Å². The lowest BCUT2D eigenvalue weighted by Crippen LogP contribution is -2.38. The van der Waals surface area contributed by atoms with E-state index in [1.54, 1.807) is 13.8 Å². The van der Waals surface area contributed by atoms with Crippen LogP contribution in [0.25, 0.3) is 0 Å². The second-order valence-corrected chi connectivity index (χ2v) is 5.27. The highest BCUT2D eigenvalue weighted by Gasteiger charge is 2.22. The van der Waals surface area contributed by atoms with Gasteiger partial charge in [0.15, 0.2) is 0 Å². The molecule has 0 aliphatic rings. The molecule has 0 radical (unpaired) electrons. The molecule has 1 aromatic heterocycles. The van der Waals surface area contributed by atoms with E-state index in [0.717, 1.165) is 0 Å². The molecule has 8 heteroatoms. The predicted octanol–water partition coefficient (Wildman–Crippen LogP) is 0.931. The molecule has 0 spiro atoms. The molecule has 1 heterocycles. The van der Waals surface area contributed by atoms with E-state index in [0.29, 0.717) is 11.4 Å². The van der Waals surface area contributed by atoms with Crippen LogP contribution in [0.2, 0.25) is 0 Å². The van der Waals surface area contributed by atoms with Crippen LogP contribution < -0.4 is 5.32 Å². The first kappa shape index (κ1) is 17.1. The zero-order chi connectivity index (χ0) is 16.2. The van der Waals surface area contributed by atoms with Crippen LogP contribution in [0, 0.1) is 29.9 Å². The minimum atomic E-state index is -0.459. The second-order valence-electron chi connectivity index (χ2n) is 5.27. The van der Waals surface area contributed by atoms with Gasteiger partial charge < -0.3 is 10.4 Å². The summed E-state index contributed by atoms with van der Waals surface area (Å²) in [5, 5.41) is 26.8. The maximum absolute atomic E-state index is 11.8. The van der Waals surface area contributed by atoms with E-state index in [9.17, 15) is 14.9 Å². The number of aryl methyl sites for hydroxylation is 2. The zero-order valence-electron chi connectivity index (χ0n) is 12.8. The molecule has 8 nitrogen and oxygen atoms in total. The van der Waals surface area contributed by atoms with Gasteiger partial charge in [-0.2, -0.15) is 5.10 Å². The molecule has 0 saturated carbocycles. The number of carbonyl (C=O) groups excluding carboxylic acids is 1. The molecule has 0 aliphatic heterocycles. The van der Waals surface area contributed by atoms with Gasteiger partial charge in [0.05, 0.1) is 11.5 Å². The number of nitro groups is 1. The number of hydrogen-bond acceptors (Lipinski definition) is 5. The van der Waals surface area contributed by atoms with Gasteiger partial charge in [-0.25, -0.2) is 0 Å². The van der Waals surface area contributed by atoms with Gasteiger partial charge in [-0.3, -0.25) is 19.6 Å². The molecule has 0 aliphatic carbocycles. The standard InChI is InChI=1S/C13H22N4O4/c1-8(7-18)9(2)14-12(19)5-6-16-11(4)13(17(20)21)10(3)15-16/h8-9,18H,5-7H2,1-4H3,(H,14,19). The van der Waals surface area contributed by atoms with E-state index in [2.05, 4.69) is 10.4 Å². The van der Waals surface area contributed by atoms with Crippen LogP contribution in [-0.4, -0.2) is 38.4 Å². The third kappa shape index (κ3) is 4.25. The summed E-state index contributed by atoms with van der Waals surface area (Å²) in [6.07, 6.45) is 0.182. The summed E-state index contributed by atoms with van der Waals surface area (Å²) in [4.78, 5) is 22.3. The monoisotopic (exact) mass is 298 g/mol. The average Bonchev–Trinajstić information content (AvgIpc) is 2.69. The van der Waals surface area contributed by atoms with Crippen LogP contribution in [0.3, 0.4) is 0 Å². The molecule has 0 aromatic carbocycles. The van der Waals surface area contributed by atoms with Crippen LogP contribution in [0.15, 0.2) is 0 Å². The van der Waals surface area contributed by atoms with Crippen molar-refractivity contribution in [2.45, 2.75) is 46.7 Å². The Kier molecular flexibility index (Phi) is 5.83. The Balaban J connectivity index is 2.62. The zero-order valence-corrected chi connectivity index (χ0v) is 12.8. The van der Waals surface area contributed by atoms with E-state index < -0.39 is 4.92 Å². The van der Waals surface area contributed by atoms with Crippen molar-refractivity contribution >= 4 is 11.6 Å². The first-order valence-corrected chi connectivity index (χ1v) is 6.86. The number of aromatic nitrogens is 2. The number of nitrogens with one attached hydrogen (secondary N) is 1. The minimum Gasteiger partial charge on any atom is -0.396 e. The maximum Gasteiger partial charge on any atom is 0.312 e. The molecule has 0 bridgehead atoms. The Morgan fingerprint density at radius 3 is 2.57 bits per heavy atom. The van der Waals surface area contributed by atoms with Gasteiger partial charge in [0.25, 0.3) is 0 Å². The Morgan fingerprint density at radius 1 is 1.48 bits per heavy atom. The number of carbonyl (C=O) groups is 1. The summed E-state index contributed by atoms with van der Waals surface area (Å²) >= 11 is 0. The molecule has 2 unspecified atom stereocenters. The van der Waals surface area contributed by atoms with Gasteiger partial charge in [-0.05, 0) is 26.7 Å². The topological polar surface area (TPSA) is 110 Å². The molecule has 1 rings (SSSR count). The van der Waals surface area contributed by atoms with Crippen molar-refractivity contribution in [2.75, 3.05) is 6.61 Å². The highest BCUT2D eigenvalue weighted by molar-refractivity contribution is 5.76. The van der Waals surface area contributed by atoms with Gasteiger partial charge in [-0.1, -0.05) is 6.92 Å². The number of rotatable bonds is 7. The smallest absolute Gasteiger partial charge is 0.312 e. The second kappa shape index (κ2) is 7.16. The lowest BCUT2D eigenvalue weighted by Gasteiger charge is -2.19. The third-order valence-corrected chi connectivity index (χ3v) is 3.61. The number of amides is 1. The Bertz CT molecular complexity index is 526. The van der Waals surface area contributed by atoms with E-state index >= 15 is 0 Å². The normalized spacial score (nSPS) is 13.8. The van der Waals surface area contributed by atoms with Crippen molar-refractivity contribution in [3.63, 3.8) is 0 Å². The third-order valence-electron chi connectivity index (χ3n) is 3.61. The lowest BCUT2D eigenvalue weighted by atomic mass is 10.1. The first-order valence-electron chi connectivity index (χ1n) is 6.86. The van der Waals surface area contributed by atoms with Gasteiger partial charge in [0, 0.05) is 19.1 Å². The molecular weight excluding hydrogens is 276 g/mol. The quantitative estimate of drug-likeness (QED) is 0.574. The maximum atomic E-state index is 11.8. The number of nitrogens with zero attached hydrogens (tertiary/aromatic N) is 3. The molecule has 21 heavy (non-hydrogen) atoms. The predicted molar refractivity (Wildman–Crippen MR) is 76.8 cm³/mol. The van der Waals surface area contributed by atoms with Crippen LogP contribution in [0.4, 0.5) is 5.69 Å². The Hall–Kier alpha value is -1.96. The largest absolute Gasteiger partial charge is 0.396 e. The highest BCUT2D eigenvalue weighted by Crippen LogP contribution is 2.21. The molecule has 1 amide bonds. The van der Waals surface area contributed by atoms with E-state index in [1.165, 1.54) is 4.68 Å². The Labute approximate surface area is 123 Å². The summed E-state index contributed by atoms with van der Waals surface area (Å²) in [6.45, 7) is 7.15. The summed E-state index contributed by atoms with van der Waals surface area (Å²) in [6, 6.07) is -0.128. The molecule has 2 N–H and O–H groups in total. The van der Waals surface area contributed by atoms with Crippen LogP contribution >= 0.6 is 0 Å². The first-order chi connectivity index (χ1) is 9.77. The van der Waals surface area contributed by atoms with Crippen molar-refractivity contribution in [3.05, 3.63) is 21.5 Å². The van der Waals surface area contributed by atoms with Crippen LogP contribution in [-0.2, 0) is 11.3 Å². The fourth-order valence-corrected chi connectivity index (χ4v) is 2.00. The molecule has 118 valence electrons. The van der Waals surface area contributed by atoms with E-state index in [1.807, 2.05) is 13.8 Å². The van der Waals surface area contributed by atoms with Crippen molar-refractivity contribution in [2.24, 2.45) is 5.92 Å². The van der Waals surface area contributed by atoms with E-state index in [-0.39, 0.29) is 43.1 Å². The van der Waals surface area contributed by atoms with Gasteiger partial charge >= 0.3 is 5.69 Å². The van der Waals surface area contributed by atoms with Gasteiger partial charge in [0.2, 0.25) is 5.91 Å². The molecule has 2 atom stereocenters. The summed E-state index contributed by atoms with van der Waals surface area (Å²) in [5.74, 6) is -0.193. The van der Waals surface area contributed by atoms with Crippen molar-refractivity contribution in [1.29, 1.82) is 0 Å². The van der Waals surface area contributed by atoms with Crippen molar-refractivity contribution in [1.82, 2.24) is 15.1 Å². The Morgan fingerprint density at radius 2 is 2.10 bits per heavy atom. The number of aliphatic hydroxyl groups is 1. The van der Waals surface area contributed by atoms with Crippen molar-refractivity contribution < 1.29 is 14.8 Å². The molecule has 1 aromatic rings. The summed E-state index contributed by atoms with van der Waals surface area (Å²) < 4.78 is 1.48. The molecule has 0 fully saturated rings. The fraction of sp³-hybridized carbons (Fsp3) is 0.692. The lowest BCUT2D eigenvalue weighted by molar-refractivity contribution is -0.386. The highest BCUT2D eigenvalue weighted by atomic mass is 16.6. The van der Waals surface area contributed by atoms with Gasteiger partial charge in [-0.15, -0.1) is 0 Å². The van der Waals surface area contributed by atoms with Gasteiger partial charge in [0.1, 0.15) is 11.4 Å². The minimum absolute atomic E-state index is 0.00215. The number of hydrogen-bond donors (Lipinski definition) is 2. The fourth-order valence-electron chi connectivity index (χ4n) is 2.00. The van der Waals surface area contributed by atoms with Crippen LogP contribution in [0.5, 0.6) is 0 Å². The SMILES string of the molecule is Cc1nn(CCC(=O)NC(C)C(C)CO)c(C)c1[N+](=O)[O-]. The molecular formula is C13H22N4O4. The average molecular weight is 298 g/mol. The van der Waals surface area contributed by atoms with Crippen molar-refractivity contribution in [3.8, 4) is 0 Å². The number of aliphatic hydroxyl groups excluding tert-OH is 1. The molecule has 0 saturated heterocycles. The summed E-state index contributed by atoms with van der Waals surface area (Å²) in [5.41, 5.74) is 0.792. The summed E-state index contributed by atoms with van der Waals surface area (Å²) in [7, 11) is 0.